The number of rotatable bonds is 4. The summed E-state index contributed by atoms with van der Waals surface area (Å²) >= 11 is 6.05. The van der Waals surface area contributed by atoms with Crippen LogP contribution in [0.2, 0.25) is 5.02 Å². The molecule has 1 heterocycles. The van der Waals surface area contributed by atoms with Crippen LogP contribution in [0.25, 0.3) is 0 Å². The zero-order valence-corrected chi connectivity index (χ0v) is 12.4. The summed E-state index contributed by atoms with van der Waals surface area (Å²) in [5.74, 6) is -0.793. The van der Waals surface area contributed by atoms with Crippen molar-refractivity contribution in [3.05, 3.63) is 23.2 Å². The van der Waals surface area contributed by atoms with Gasteiger partial charge in [-0.15, -0.1) is 0 Å². The maximum absolute atomic E-state index is 12.1. The van der Waals surface area contributed by atoms with Crippen LogP contribution >= 0.6 is 11.6 Å². The number of likely N-dealkylation sites (tertiary alicyclic amines) is 1. The van der Waals surface area contributed by atoms with Gasteiger partial charge in [-0.2, -0.15) is 0 Å². The molecule has 0 radical (unpaired) electrons. The molecule has 0 bridgehead atoms. The van der Waals surface area contributed by atoms with Gasteiger partial charge in [0.2, 0.25) is 0 Å². The molecule has 2 amide bonds. The Hall–Kier alpha value is -1.95. The van der Waals surface area contributed by atoms with Crippen LogP contribution in [0.5, 0.6) is 5.75 Å². The Balaban J connectivity index is 1.97. The molecule has 1 aromatic carbocycles. The third-order valence-corrected chi connectivity index (χ3v) is 3.60. The fourth-order valence-electron chi connectivity index (χ4n) is 2.20. The summed E-state index contributed by atoms with van der Waals surface area (Å²) in [6.07, 6.45) is 0.479. The predicted octanol–water partition coefficient (Wildman–Crippen LogP) is 2.68. The second-order valence-electron chi connectivity index (χ2n) is 4.78. The Labute approximate surface area is 127 Å². The van der Waals surface area contributed by atoms with Crippen LogP contribution in [0, 0.1) is 5.92 Å². The Morgan fingerprint density at radius 1 is 1.52 bits per heavy atom. The molecular formula is C14H17ClN2O4. The van der Waals surface area contributed by atoms with Gasteiger partial charge in [-0.05, 0) is 31.5 Å². The minimum atomic E-state index is -0.866. The first-order valence-electron chi connectivity index (χ1n) is 6.72. The van der Waals surface area contributed by atoms with E-state index in [-0.39, 0.29) is 12.6 Å². The van der Waals surface area contributed by atoms with E-state index in [1.54, 1.807) is 18.2 Å². The number of anilines is 1. The summed E-state index contributed by atoms with van der Waals surface area (Å²) in [5, 5.41) is 12.1. The van der Waals surface area contributed by atoms with E-state index in [2.05, 4.69) is 5.32 Å². The van der Waals surface area contributed by atoms with Crippen molar-refractivity contribution in [2.45, 2.75) is 13.3 Å². The molecule has 21 heavy (non-hydrogen) atoms. The third-order valence-electron chi connectivity index (χ3n) is 3.31. The molecule has 1 saturated heterocycles. The van der Waals surface area contributed by atoms with E-state index in [4.69, 9.17) is 21.4 Å². The molecule has 0 aromatic heterocycles. The number of carbonyl (C=O) groups is 2. The van der Waals surface area contributed by atoms with Crippen LogP contribution in [0.15, 0.2) is 18.2 Å². The minimum Gasteiger partial charge on any atom is -0.492 e. The molecule has 1 aliphatic rings. The number of ether oxygens (including phenoxy) is 1. The van der Waals surface area contributed by atoms with Crippen LogP contribution in [0.1, 0.15) is 13.3 Å². The van der Waals surface area contributed by atoms with Gasteiger partial charge in [0.05, 0.1) is 17.5 Å². The van der Waals surface area contributed by atoms with Gasteiger partial charge in [-0.1, -0.05) is 11.6 Å². The first-order valence-corrected chi connectivity index (χ1v) is 7.10. The number of carboxylic acid groups (broad SMARTS) is 1. The van der Waals surface area contributed by atoms with E-state index >= 15 is 0 Å². The zero-order valence-electron chi connectivity index (χ0n) is 11.6. The molecule has 114 valence electrons. The van der Waals surface area contributed by atoms with E-state index < -0.39 is 11.9 Å². The van der Waals surface area contributed by atoms with E-state index in [0.29, 0.717) is 36.0 Å². The SMILES string of the molecule is CCOc1ccc(NC(=O)N2CCC(C(=O)O)C2)cc1Cl. The van der Waals surface area contributed by atoms with Gasteiger partial charge in [0.15, 0.2) is 0 Å². The fourth-order valence-corrected chi connectivity index (χ4v) is 2.44. The molecule has 1 aromatic rings. The largest absolute Gasteiger partial charge is 0.492 e. The van der Waals surface area contributed by atoms with E-state index in [1.165, 1.54) is 4.90 Å². The van der Waals surface area contributed by atoms with Gasteiger partial charge < -0.3 is 20.1 Å². The number of urea groups is 1. The maximum Gasteiger partial charge on any atom is 0.321 e. The molecule has 1 aliphatic heterocycles. The summed E-state index contributed by atoms with van der Waals surface area (Å²) in [6.45, 7) is 3.04. The number of aliphatic carboxylic acids is 1. The van der Waals surface area contributed by atoms with Crippen LogP contribution in [-0.4, -0.2) is 41.7 Å². The number of nitrogens with zero attached hydrogens (tertiary/aromatic N) is 1. The smallest absolute Gasteiger partial charge is 0.321 e. The number of amides is 2. The molecule has 0 saturated carbocycles. The lowest BCUT2D eigenvalue weighted by atomic mass is 10.1. The van der Waals surface area contributed by atoms with E-state index in [1.807, 2.05) is 6.92 Å². The lowest BCUT2D eigenvalue weighted by Gasteiger charge is -2.17. The summed E-state index contributed by atoms with van der Waals surface area (Å²) in [5.41, 5.74) is 0.548. The molecule has 0 spiro atoms. The van der Waals surface area contributed by atoms with Gasteiger partial charge in [0, 0.05) is 18.8 Å². The molecule has 2 N–H and O–H groups in total. The van der Waals surface area contributed by atoms with E-state index in [9.17, 15) is 9.59 Å². The van der Waals surface area contributed by atoms with Crippen molar-refractivity contribution in [1.29, 1.82) is 0 Å². The van der Waals surface area contributed by atoms with Crippen molar-refractivity contribution in [2.24, 2.45) is 5.92 Å². The van der Waals surface area contributed by atoms with Gasteiger partial charge >= 0.3 is 12.0 Å². The van der Waals surface area contributed by atoms with Gasteiger partial charge in [0.1, 0.15) is 5.75 Å². The third kappa shape index (κ3) is 3.78. The van der Waals surface area contributed by atoms with Crippen molar-refractivity contribution in [1.82, 2.24) is 4.90 Å². The molecule has 1 atom stereocenters. The highest BCUT2D eigenvalue weighted by Crippen LogP contribution is 2.28. The van der Waals surface area contributed by atoms with Gasteiger partial charge in [-0.25, -0.2) is 4.79 Å². The molecule has 7 heteroatoms. The normalized spacial score (nSPS) is 17.6. The fraction of sp³-hybridized carbons (Fsp3) is 0.429. The Morgan fingerprint density at radius 2 is 2.29 bits per heavy atom. The van der Waals surface area contributed by atoms with Crippen molar-refractivity contribution in [3.8, 4) is 5.75 Å². The number of hydrogen-bond acceptors (Lipinski definition) is 3. The Bertz CT molecular complexity index is 550. The van der Waals surface area contributed by atoms with Crippen molar-refractivity contribution >= 4 is 29.3 Å². The molecule has 6 nitrogen and oxygen atoms in total. The summed E-state index contributed by atoms with van der Waals surface area (Å²) in [7, 11) is 0. The molecule has 2 rings (SSSR count). The highest BCUT2D eigenvalue weighted by Gasteiger charge is 2.30. The highest BCUT2D eigenvalue weighted by molar-refractivity contribution is 6.32. The zero-order chi connectivity index (χ0) is 15.4. The monoisotopic (exact) mass is 312 g/mol. The van der Waals surface area contributed by atoms with Crippen LogP contribution in [-0.2, 0) is 4.79 Å². The summed E-state index contributed by atoms with van der Waals surface area (Å²) in [4.78, 5) is 24.4. The molecule has 1 fully saturated rings. The quantitative estimate of drug-likeness (QED) is 0.896. The van der Waals surface area contributed by atoms with Crippen LogP contribution < -0.4 is 10.1 Å². The topological polar surface area (TPSA) is 78.9 Å². The second-order valence-corrected chi connectivity index (χ2v) is 5.19. The van der Waals surface area contributed by atoms with Crippen molar-refractivity contribution in [3.63, 3.8) is 0 Å². The van der Waals surface area contributed by atoms with Crippen LogP contribution in [0.4, 0.5) is 10.5 Å². The maximum atomic E-state index is 12.1. The number of halogens is 1. The summed E-state index contributed by atoms with van der Waals surface area (Å²) < 4.78 is 5.32. The van der Waals surface area contributed by atoms with Crippen molar-refractivity contribution < 1.29 is 19.4 Å². The Kier molecular flexibility index (Phi) is 4.90. The highest BCUT2D eigenvalue weighted by atomic mass is 35.5. The first kappa shape index (κ1) is 15.4. The molecule has 0 aliphatic carbocycles. The number of hydrogen-bond donors (Lipinski definition) is 2. The second kappa shape index (κ2) is 6.67. The number of benzene rings is 1. The molecular weight excluding hydrogens is 296 g/mol. The molecule has 1 unspecified atom stereocenters. The average Bonchev–Trinajstić information content (AvgIpc) is 2.92. The average molecular weight is 313 g/mol. The first-order chi connectivity index (χ1) is 10.0. The standard InChI is InChI=1S/C14H17ClN2O4/c1-2-21-12-4-3-10(7-11(12)15)16-14(20)17-6-5-9(8-17)13(18)19/h3-4,7,9H,2,5-6,8H2,1H3,(H,16,20)(H,18,19). The number of nitrogens with one attached hydrogen (secondary N) is 1. The van der Waals surface area contributed by atoms with Crippen LogP contribution in [0.3, 0.4) is 0 Å². The number of carboxylic acids is 1. The van der Waals surface area contributed by atoms with Crippen molar-refractivity contribution in [2.75, 3.05) is 25.0 Å². The van der Waals surface area contributed by atoms with Gasteiger partial charge in [0.25, 0.3) is 0 Å². The Morgan fingerprint density at radius 3 is 2.86 bits per heavy atom. The van der Waals surface area contributed by atoms with E-state index in [0.717, 1.165) is 0 Å². The predicted molar refractivity (Wildman–Crippen MR) is 79.0 cm³/mol. The minimum absolute atomic E-state index is 0.228. The number of carbonyl (C=O) groups excluding carboxylic acids is 1. The lowest BCUT2D eigenvalue weighted by Crippen LogP contribution is -2.33. The summed E-state index contributed by atoms with van der Waals surface area (Å²) in [6, 6.07) is 4.67. The lowest BCUT2D eigenvalue weighted by molar-refractivity contribution is -0.141. The van der Waals surface area contributed by atoms with Gasteiger partial charge in [-0.3, -0.25) is 4.79 Å².